The van der Waals surface area contributed by atoms with Crippen LogP contribution in [0.25, 0.3) is 0 Å². The number of carboxylic acid groups (broad SMARTS) is 1. The van der Waals surface area contributed by atoms with Crippen LogP contribution in [0.3, 0.4) is 0 Å². The normalized spacial score (nSPS) is 12.1. The molecule has 19 heavy (non-hydrogen) atoms. The number of aromatic nitrogens is 4. The lowest BCUT2D eigenvalue weighted by molar-refractivity contribution is -0.137. The van der Waals surface area contributed by atoms with Gasteiger partial charge in [-0.3, -0.25) is 4.79 Å². The summed E-state index contributed by atoms with van der Waals surface area (Å²) in [5, 5.41) is 19.8. The number of carboxylic acids is 1. The van der Waals surface area contributed by atoms with Crippen molar-refractivity contribution in [3.63, 3.8) is 0 Å². The Bertz CT molecular complexity index is 524. The molecule has 0 radical (unpaired) electrons. The number of ether oxygens (including phenoxy) is 1. The summed E-state index contributed by atoms with van der Waals surface area (Å²) in [6.07, 6.45) is 1.32. The van der Waals surface area contributed by atoms with Crippen molar-refractivity contribution in [1.29, 1.82) is 0 Å². The molecule has 2 aromatic rings. The highest BCUT2D eigenvalue weighted by Crippen LogP contribution is 2.23. The lowest BCUT2D eigenvalue weighted by Crippen LogP contribution is -2.15. The highest BCUT2D eigenvalue weighted by Gasteiger charge is 2.18. The monoisotopic (exact) mass is 262 g/mol. The second kappa shape index (κ2) is 5.94. The minimum absolute atomic E-state index is 0.0843. The van der Waals surface area contributed by atoms with Crippen LogP contribution in [-0.4, -0.2) is 37.9 Å². The zero-order chi connectivity index (χ0) is 13.7. The molecular formula is C12H14N4O3. The van der Waals surface area contributed by atoms with E-state index in [1.807, 2.05) is 19.1 Å². The summed E-state index contributed by atoms with van der Waals surface area (Å²) in [7, 11) is 0. The first kappa shape index (κ1) is 13.0. The van der Waals surface area contributed by atoms with Gasteiger partial charge in [-0.05, 0) is 35.0 Å². The van der Waals surface area contributed by atoms with Crippen molar-refractivity contribution < 1.29 is 14.6 Å². The Morgan fingerprint density at radius 2 is 2.16 bits per heavy atom. The topological polar surface area (TPSA) is 90.1 Å². The number of carbonyl (C=O) groups is 1. The molecule has 0 saturated carbocycles. The lowest BCUT2D eigenvalue weighted by atomic mass is 10.0. The van der Waals surface area contributed by atoms with Gasteiger partial charge in [0, 0.05) is 0 Å². The summed E-state index contributed by atoms with van der Waals surface area (Å²) in [5.74, 6) is -0.161. The van der Waals surface area contributed by atoms with Crippen molar-refractivity contribution in [3.05, 3.63) is 36.2 Å². The van der Waals surface area contributed by atoms with E-state index in [2.05, 4.69) is 15.5 Å². The van der Waals surface area contributed by atoms with Crippen LogP contribution in [0.15, 0.2) is 30.6 Å². The third-order valence-corrected chi connectivity index (χ3v) is 2.63. The highest BCUT2D eigenvalue weighted by molar-refractivity contribution is 5.68. The molecule has 0 saturated heterocycles. The van der Waals surface area contributed by atoms with Crippen molar-refractivity contribution >= 4 is 5.97 Å². The van der Waals surface area contributed by atoms with Gasteiger partial charge in [0.15, 0.2) is 0 Å². The van der Waals surface area contributed by atoms with Gasteiger partial charge in [-0.25, -0.2) is 4.68 Å². The molecule has 1 aromatic heterocycles. The van der Waals surface area contributed by atoms with E-state index >= 15 is 0 Å². The summed E-state index contributed by atoms with van der Waals surface area (Å²) >= 11 is 0. The third-order valence-electron chi connectivity index (χ3n) is 2.63. The van der Waals surface area contributed by atoms with Crippen molar-refractivity contribution in [2.75, 3.05) is 6.61 Å². The predicted molar refractivity (Wildman–Crippen MR) is 65.8 cm³/mol. The Morgan fingerprint density at radius 1 is 1.42 bits per heavy atom. The van der Waals surface area contributed by atoms with Crippen molar-refractivity contribution in [2.45, 2.75) is 19.4 Å². The molecule has 0 fully saturated rings. The first-order chi connectivity index (χ1) is 9.20. The molecule has 1 N–H and O–H groups in total. The van der Waals surface area contributed by atoms with Crippen LogP contribution in [-0.2, 0) is 4.79 Å². The standard InChI is InChI=1S/C12H14N4O3/c1-2-19-10-5-3-9(4-6-10)11(7-12(17)18)16-8-13-14-15-16/h3-6,8,11H,2,7H2,1H3,(H,17,18)/t11-/m0/s1. The van der Waals surface area contributed by atoms with Gasteiger partial charge in [0.2, 0.25) is 0 Å². The van der Waals surface area contributed by atoms with E-state index in [9.17, 15) is 4.79 Å². The minimum Gasteiger partial charge on any atom is -0.494 e. The molecule has 0 spiro atoms. The summed E-state index contributed by atoms with van der Waals surface area (Å²) in [6.45, 7) is 2.49. The maximum absolute atomic E-state index is 10.9. The lowest BCUT2D eigenvalue weighted by Gasteiger charge is -2.15. The van der Waals surface area contributed by atoms with Gasteiger partial charge < -0.3 is 9.84 Å². The van der Waals surface area contributed by atoms with Gasteiger partial charge in [-0.15, -0.1) is 5.10 Å². The molecule has 2 rings (SSSR count). The molecule has 1 atom stereocenters. The van der Waals surface area contributed by atoms with Crippen LogP contribution in [0.2, 0.25) is 0 Å². The molecule has 0 aliphatic rings. The molecule has 0 unspecified atom stereocenters. The van der Waals surface area contributed by atoms with Gasteiger partial charge in [0.25, 0.3) is 0 Å². The summed E-state index contributed by atoms with van der Waals surface area (Å²) in [6, 6.07) is 6.82. The SMILES string of the molecule is CCOc1ccc([C@H](CC(=O)O)n2cnnn2)cc1. The summed E-state index contributed by atoms with van der Waals surface area (Å²) < 4.78 is 6.78. The average molecular weight is 262 g/mol. The van der Waals surface area contributed by atoms with Crippen molar-refractivity contribution in [3.8, 4) is 5.75 Å². The van der Waals surface area contributed by atoms with Crippen LogP contribution in [0.1, 0.15) is 24.9 Å². The highest BCUT2D eigenvalue weighted by atomic mass is 16.5. The first-order valence-electron chi connectivity index (χ1n) is 5.87. The molecule has 1 heterocycles. The molecule has 1 aromatic carbocycles. The number of aliphatic carboxylic acids is 1. The Kier molecular flexibility index (Phi) is 4.07. The van der Waals surface area contributed by atoms with Gasteiger partial charge in [-0.2, -0.15) is 0 Å². The molecule has 0 aliphatic heterocycles. The molecule has 0 aliphatic carbocycles. The summed E-state index contributed by atoms with van der Waals surface area (Å²) in [5.41, 5.74) is 0.818. The molecule has 7 nitrogen and oxygen atoms in total. The second-order valence-electron chi connectivity index (χ2n) is 3.91. The zero-order valence-corrected chi connectivity index (χ0v) is 10.4. The fourth-order valence-corrected chi connectivity index (χ4v) is 1.79. The molecule has 0 bridgehead atoms. The van der Waals surface area contributed by atoms with E-state index in [1.54, 1.807) is 12.1 Å². The van der Waals surface area contributed by atoms with Crippen LogP contribution >= 0.6 is 0 Å². The number of hydrogen-bond donors (Lipinski definition) is 1. The predicted octanol–water partition coefficient (Wildman–Crippen LogP) is 1.14. The van der Waals surface area contributed by atoms with E-state index in [1.165, 1.54) is 11.0 Å². The summed E-state index contributed by atoms with van der Waals surface area (Å²) in [4.78, 5) is 10.9. The van der Waals surface area contributed by atoms with Crippen LogP contribution in [0.4, 0.5) is 0 Å². The zero-order valence-electron chi connectivity index (χ0n) is 10.4. The van der Waals surface area contributed by atoms with E-state index in [0.717, 1.165) is 11.3 Å². The van der Waals surface area contributed by atoms with Crippen molar-refractivity contribution in [1.82, 2.24) is 20.2 Å². The number of tetrazole rings is 1. The molecular weight excluding hydrogens is 248 g/mol. The Labute approximate surface area is 109 Å². The number of nitrogens with zero attached hydrogens (tertiary/aromatic N) is 4. The fourth-order valence-electron chi connectivity index (χ4n) is 1.79. The largest absolute Gasteiger partial charge is 0.494 e. The van der Waals surface area contributed by atoms with Crippen LogP contribution in [0.5, 0.6) is 5.75 Å². The molecule has 0 amide bonds. The molecule has 100 valence electrons. The Balaban J connectivity index is 2.25. The van der Waals surface area contributed by atoms with E-state index in [4.69, 9.17) is 9.84 Å². The number of benzene rings is 1. The minimum atomic E-state index is -0.908. The van der Waals surface area contributed by atoms with E-state index < -0.39 is 12.0 Å². The molecule has 7 heteroatoms. The van der Waals surface area contributed by atoms with Crippen molar-refractivity contribution in [2.24, 2.45) is 0 Å². The van der Waals surface area contributed by atoms with Gasteiger partial charge in [-0.1, -0.05) is 12.1 Å². The maximum atomic E-state index is 10.9. The number of hydrogen-bond acceptors (Lipinski definition) is 5. The third kappa shape index (κ3) is 3.27. The first-order valence-corrected chi connectivity index (χ1v) is 5.87. The van der Waals surface area contributed by atoms with E-state index in [-0.39, 0.29) is 6.42 Å². The van der Waals surface area contributed by atoms with E-state index in [0.29, 0.717) is 6.61 Å². The quantitative estimate of drug-likeness (QED) is 0.839. The second-order valence-corrected chi connectivity index (χ2v) is 3.91. The van der Waals surface area contributed by atoms with Gasteiger partial charge >= 0.3 is 5.97 Å². The van der Waals surface area contributed by atoms with Crippen LogP contribution in [0, 0.1) is 0 Å². The maximum Gasteiger partial charge on any atom is 0.305 e. The Hall–Kier alpha value is -2.44. The Morgan fingerprint density at radius 3 is 2.68 bits per heavy atom. The number of rotatable bonds is 6. The van der Waals surface area contributed by atoms with Crippen LogP contribution < -0.4 is 4.74 Å². The smallest absolute Gasteiger partial charge is 0.305 e. The average Bonchev–Trinajstić information content (AvgIpc) is 2.91. The van der Waals surface area contributed by atoms with Gasteiger partial charge in [0.05, 0.1) is 19.1 Å². The van der Waals surface area contributed by atoms with Gasteiger partial charge in [0.1, 0.15) is 12.1 Å². The fraction of sp³-hybridized carbons (Fsp3) is 0.333.